The van der Waals surface area contributed by atoms with E-state index in [0.29, 0.717) is 29.8 Å². The van der Waals surface area contributed by atoms with Gasteiger partial charge in [-0.05, 0) is 47.9 Å². The average Bonchev–Trinajstić information content (AvgIpc) is 3.59. The van der Waals surface area contributed by atoms with E-state index in [-0.39, 0.29) is 30.4 Å². The minimum absolute atomic E-state index is 0.0798. The molecule has 1 fully saturated rings. The van der Waals surface area contributed by atoms with Crippen LogP contribution in [0.25, 0.3) is 5.95 Å². The Labute approximate surface area is 251 Å². The highest BCUT2D eigenvalue weighted by molar-refractivity contribution is 7.89. The molecular weight excluding hydrogens is 570 g/mol. The number of anilines is 1. The summed E-state index contributed by atoms with van der Waals surface area (Å²) in [5, 5.41) is 2.94. The number of hydrogen-bond acceptors (Lipinski definition) is 9. The molecule has 2 aromatic carbocycles. The number of aromatic nitrogens is 4. The van der Waals surface area contributed by atoms with Gasteiger partial charge in [-0.15, -0.1) is 0 Å². The summed E-state index contributed by atoms with van der Waals surface area (Å²) in [6.07, 6.45) is 5.03. The second-order valence-corrected chi connectivity index (χ2v) is 12.3. The molecule has 13 heteroatoms. The molecule has 0 bridgehead atoms. The van der Waals surface area contributed by atoms with E-state index in [1.807, 2.05) is 49.1 Å². The van der Waals surface area contributed by atoms with E-state index in [2.05, 4.69) is 15.3 Å². The standard InChI is InChI=1S/C30H35N7O5S/c1-21(2)26-17-28(34-30(33-26)36-14-13-31-20-36)35-15-16-37(43(39,40)25-11-9-24(42-4)10-12-25)27(19-35)29(38)32-18-22-5-7-23(41-3)8-6-22/h5-14,17,20-21,27H,15-16,18-19H2,1-4H3,(H,32,38). The first-order chi connectivity index (χ1) is 20.7. The van der Waals surface area contributed by atoms with Crippen molar-refractivity contribution in [3.05, 3.63) is 84.6 Å². The van der Waals surface area contributed by atoms with Gasteiger partial charge in [0.05, 0.1) is 24.8 Å². The molecule has 3 heterocycles. The molecule has 1 amide bonds. The number of nitrogens with zero attached hydrogens (tertiary/aromatic N) is 6. The maximum Gasteiger partial charge on any atom is 0.243 e. The zero-order valence-corrected chi connectivity index (χ0v) is 25.4. The Morgan fingerprint density at radius 2 is 1.67 bits per heavy atom. The lowest BCUT2D eigenvalue weighted by Crippen LogP contribution is -2.60. The fraction of sp³-hybridized carbons (Fsp3) is 0.333. The number of ether oxygens (including phenoxy) is 2. The second kappa shape index (κ2) is 12.8. The molecule has 1 aliphatic heterocycles. The smallest absolute Gasteiger partial charge is 0.243 e. The van der Waals surface area contributed by atoms with Crippen LogP contribution in [-0.4, -0.2) is 78.0 Å². The molecule has 1 N–H and O–H groups in total. The molecule has 0 saturated carbocycles. The van der Waals surface area contributed by atoms with E-state index in [9.17, 15) is 13.2 Å². The predicted octanol–water partition coefficient (Wildman–Crippen LogP) is 3.00. The van der Waals surface area contributed by atoms with Crippen LogP contribution in [0.3, 0.4) is 0 Å². The van der Waals surface area contributed by atoms with Gasteiger partial charge in [0.2, 0.25) is 21.9 Å². The maximum absolute atomic E-state index is 13.9. The van der Waals surface area contributed by atoms with Crippen molar-refractivity contribution >= 4 is 21.7 Å². The van der Waals surface area contributed by atoms with Crippen LogP contribution in [0, 0.1) is 0 Å². The summed E-state index contributed by atoms with van der Waals surface area (Å²) in [5.41, 5.74) is 1.68. The van der Waals surface area contributed by atoms with Gasteiger partial charge < -0.3 is 19.7 Å². The molecule has 1 aliphatic rings. The Kier molecular flexibility index (Phi) is 8.92. The predicted molar refractivity (Wildman–Crippen MR) is 161 cm³/mol. The first kappa shape index (κ1) is 30.0. The van der Waals surface area contributed by atoms with E-state index in [4.69, 9.17) is 14.5 Å². The number of carbonyl (C=O) groups is 1. The van der Waals surface area contributed by atoms with Crippen molar-refractivity contribution < 1.29 is 22.7 Å². The fourth-order valence-electron chi connectivity index (χ4n) is 4.80. The highest BCUT2D eigenvalue weighted by Gasteiger charge is 2.40. The minimum atomic E-state index is -4.02. The lowest BCUT2D eigenvalue weighted by Gasteiger charge is -2.40. The van der Waals surface area contributed by atoms with Crippen LogP contribution in [0.1, 0.15) is 31.0 Å². The summed E-state index contributed by atoms with van der Waals surface area (Å²) in [4.78, 5) is 29.3. The minimum Gasteiger partial charge on any atom is -0.497 e. The monoisotopic (exact) mass is 605 g/mol. The number of carbonyl (C=O) groups excluding carboxylic acids is 1. The number of piperazine rings is 1. The molecule has 1 unspecified atom stereocenters. The van der Waals surface area contributed by atoms with Crippen molar-refractivity contribution in [3.8, 4) is 17.4 Å². The molecule has 43 heavy (non-hydrogen) atoms. The van der Waals surface area contributed by atoms with E-state index in [1.54, 1.807) is 42.5 Å². The Morgan fingerprint density at radius 1 is 1.00 bits per heavy atom. The first-order valence-corrected chi connectivity index (χ1v) is 15.3. The van der Waals surface area contributed by atoms with Crippen molar-refractivity contribution in [2.24, 2.45) is 0 Å². The van der Waals surface area contributed by atoms with Gasteiger partial charge in [-0.2, -0.15) is 9.29 Å². The van der Waals surface area contributed by atoms with Gasteiger partial charge in [-0.25, -0.2) is 18.4 Å². The van der Waals surface area contributed by atoms with Crippen molar-refractivity contribution in [1.82, 2.24) is 29.1 Å². The summed E-state index contributed by atoms with van der Waals surface area (Å²) in [7, 11) is -0.913. The zero-order valence-electron chi connectivity index (χ0n) is 24.5. The third-order valence-electron chi connectivity index (χ3n) is 7.30. The SMILES string of the molecule is COc1ccc(CNC(=O)C2CN(c3cc(C(C)C)nc(-n4ccnc4)n3)CCN2S(=O)(=O)c2ccc(OC)cc2)cc1. The second-order valence-electron chi connectivity index (χ2n) is 10.4. The van der Waals surface area contributed by atoms with Gasteiger partial charge in [0.25, 0.3) is 0 Å². The molecule has 5 rings (SSSR count). The number of imidazole rings is 1. The summed E-state index contributed by atoms with van der Waals surface area (Å²) in [6, 6.07) is 14.4. The Balaban J connectivity index is 1.46. The van der Waals surface area contributed by atoms with Gasteiger partial charge in [0.1, 0.15) is 29.7 Å². The molecular formula is C30H35N7O5S. The third kappa shape index (κ3) is 6.62. The van der Waals surface area contributed by atoms with Crippen LogP contribution in [-0.2, 0) is 21.4 Å². The van der Waals surface area contributed by atoms with Crippen molar-refractivity contribution in [3.63, 3.8) is 0 Å². The van der Waals surface area contributed by atoms with Gasteiger partial charge >= 0.3 is 0 Å². The summed E-state index contributed by atoms with van der Waals surface area (Å²) >= 11 is 0. The van der Waals surface area contributed by atoms with Crippen LogP contribution in [0.2, 0.25) is 0 Å². The van der Waals surface area contributed by atoms with Crippen LogP contribution < -0.4 is 19.7 Å². The van der Waals surface area contributed by atoms with Crippen LogP contribution in [0.15, 0.2) is 78.2 Å². The largest absolute Gasteiger partial charge is 0.497 e. The molecule has 0 radical (unpaired) electrons. The topological polar surface area (TPSA) is 132 Å². The molecule has 0 spiro atoms. The Bertz CT molecular complexity index is 1640. The molecule has 1 atom stereocenters. The normalized spacial score (nSPS) is 15.8. The van der Waals surface area contributed by atoms with E-state index < -0.39 is 22.0 Å². The quantitative estimate of drug-likeness (QED) is 0.290. The lowest BCUT2D eigenvalue weighted by molar-refractivity contribution is -0.125. The number of benzene rings is 2. The van der Waals surface area contributed by atoms with Crippen LogP contribution >= 0.6 is 0 Å². The highest BCUT2D eigenvalue weighted by atomic mass is 32.2. The summed E-state index contributed by atoms with van der Waals surface area (Å²) < 4.78 is 41.2. The summed E-state index contributed by atoms with van der Waals surface area (Å²) in [6.45, 7) is 4.82. The fourth-order valence-corrected chi connectivity index (χ4v) is 6.37. The molecule has 2 aromatic heterocycles. The number of amides is 1. The number of hydrogen-bond donors (Lipinski definition) is 1. The van der Waals surface area contributed by atoms with Gasteiger partial charge in [0.15, 0.2) is 0 Å². The van der Waals surface area contributed by atoms with Gasteiger partial charge in [0, 0.05) is 44.6 Å². The van der Waals surface area contributed by atoms with Crippen LogP contribution in [0.5, 0.6) is 11.5 Å². The van der Waals surface area contributed by atoms with Crippen molar-refractivity contribution in [2.75, 3.05) is 38.8 Å². The Morgan fingerprint density at radius 3 is 2.28 bits per heavy atom. The zero-order chi connectivity index (χ0) is 30.6. The first-order valence-electron chi connectivity index (χ1n) is 13.9. The van der Waals surface area contributed by atoms with Gasteiger partial charge in [-0.1, -0.05) is 26.0 Å². The van der Waals surface area contributed by atoms with Crippen molar-refractivity contribution in [1.29, 1.82) is 0 Å². The van der Waals surface area contributed by atoms with Crippen LogP contribution in [0.4, 0.5) is 5.82 Å². The van der Waals surface area contributed by atoms with E-state index in [0.717, 1.165) is 11.3 Å². The van der Waals surface area contributed by atoms with E-state index in [1.165, 1.54) is 23.5 Å². The van der Waals surface area contributed by atoms with E-state index >= 15 is 0 Å². The molecule has 0 aliphatic carbocycles. The number of rotatable bonds is 10. The summed E-state index contributed by atoms with van der Waals surface area (Å²) in [5.74, 6) is 2.01. The number of sulfonamides is 1. The van der Waals surface area contributed by atoms with Gasteiger partial charge in [-0.3, -0.25) is 9.36 Å². The molecule has 12 nitrogen and oxygen atoms in total. The lowest BCUT2D eigenvalue weighted by atomic mass is 10.1. The number of nitrogens with one attached hydrogen (secondary N) is 1. The average molecular weight is 606 g/mol. The highest BCUT2D eigenvalue weighted by Crippen LogP contribution is 2.27. The Hall–Kier alpha value is -4.49. The molecule has 1 saturated heterocycles. The third-order valence-corrected chi connectivity index (χ3v) is 9.22. The van der Waals surface area contributed by atoms with Crippen molar-refractivity contribution in [2.45, 2.75) is 37.2 Å². The molecule has 226 valence electrons. The number of methoxy groups -OCH3 is 2. The maximum atomic E-state index is 13.9. The molecule has 4 aromatic rings.